The van der Waals surface area contributed by atoms with Crippen LogP contribution in [0, 0.1) is 11.7 Å². The van der Waals surface area contributed by atoms with Crippen LogP contribution in [0.4, 0.5) is 10.1 Å². The number of anilines is 1. The molecule has 0 amide bonds. The molecule has 0 spiro atoms. The smallest absolute Gasteiger partial charge is 0.335 e. The van der Waals surface area contributed by atoms with E-state index in [0.29, 0.717) is 5.92 Å². The minimum absolute atomic E-state index is 0.104. The molecule has 86 valence electrons. The molecule has 1 unspecified atom stereocenters. The van der Waals surface area contributed by atoms with Gasteiger partial charge >= 0.3 is 5.97 Å². The maximum atomic E-state index is 13.4. The van der Waals surface area contributed by atoms with E-state index in [1.54, 1.807) is 0 Å². The quantitative estimate of drug-likeness (QED) is 0.825. The van der Waals surface area contributed by atoms with Gasteiger partial charge < -0.3 is 10.4 Å². The van der Waals surface area contributed by atoms with Crippen LogP contribution in [-0.4, -0.2) is 17.1 Å². The Hall–Kier alpha value is -1.58. The number of benzene rings is 1. The lowest BCUT2D eigenvalue weighted by Crippen LogP contribution is -2.18. The number of halogens is 1. The van der Waals surface area contributed by atoms with Crippen LogP contribution < -0.4 is 5.32 Å². The average molecular weight is 223 g/mol. The van der Waals surface area contributed by atoms with Crippen molar-refractivity contribution in [2.45, 2.75) is 25.8 Å². The van der Waals surface area contributed by atoms with Crippen LogP contribution in [0.5, 0.6) is 0 Å². The number of carbonyl (C=O) groups is 1. The highest BCUT2D eigenvalue weighted by Crippen LogP contribution is 2.34. The molecule has 16 heavy (non-hydrogen) atoms. The predicted octanol–water partition coefficient (Wildman–Crippen LogP) is 2.73. The van der Waals surface area contributed by atoms with Crippen molar-refractivity contribution in [2.75, 3.05) is 5.32 Å². The number of rotatable bonds is 4. The SMILES string of the molecule is CC(Nc1cc(C(=O)O)ccc1F)C1CC1. The standard InChI is InChI=1S/C12H14FNO2/c1-7(8-2-3-8)14-11-6-9(12(15)16)4-5-10(11)13/h4-8,14H,2-3H2,1H3,(H,15,16). The van der Waals surface area contributed by atoms with Gasteiger partial charge in [-0.05, 0) is 43.9 Å². The van der Waals surface area contributed by atoms with Gasteiger partial charge in [0.15, 0.2) is 0 Å². The van der Waals surface area contributed by atoms with E-state index in [0.717, 1.165) is 12.8 Å². The van der Waals surface area contributed by atoms with E-state index in [4.69, 9.17) is 5.11 Å². The largest absolute Gasteiger partial charge is 0.478 e. The fourth-order valence-electron chi connectivity index (χ4n) is 1.73. The van der Waals surface area contributed by atoms with Crippen molar-refractivity contribution in [3.63, 3.8) is 0 Å². The van der Waals surface area contributed by atoms with E-state index in [1.807, 2.05) is 6.92 Å². The number of hydrogen-bond acceptors (Lipinski definition) is 2. The highest BCUT2D eigenvalue weighted by molar-refractivity contribution is 5.88. The van der Waals surface area contributed by atoms with Crippen LogP contribution in [0.2, 0.25) is 0 Å². The Kier molecular flexibility index (Phi) is 2.81. The molecule has 0 radical (unpaired) electrons. The van der Waals surface area contributed by atoms with Gasteiger partial charge in [0.2, 0.25) is 0 Å². The van der Waals surface area contributed by atoms with Crippen LogP contribution in [0.3, 0.4) is 0 Å². The number of nitrogens with one attached hydrogen (secondary N) is 1. The van der Waals surface area contributed by atoms with Gasteiger partial charge in [-0.15, -0.1) is 0 Å². The topological polar surface area (TPSA) is 49.3 Å². The van der Waals surface area contributed by atoms with E-state index >= 15 is 0 Å². The predicted molar refractivity (Wildman–Crippen MR) is 59.2 cm³/mol. The molecule has 1 atom stereocenters. The first-order valence-electron chi connectivity index (χ1n) is 5.37. The van der Waals surface area contributed by atoms with Crippen LogP contribution in [0.15, 0.2) is 18.2 Å². The fourth-order valence-corrected chi connectivity index (χ4v) is 1.73. The monoisotopic (exact) mass is 223 g/mol. The lowest BCUT2D eigenvalue weighted by atomic mass is 10.1. The maximum absolute atomic E-state index is 13.4. The van der Waals surface area contributed by atoms with E-state index in [1.165, 1.54) is 18.2 Å². The molecule has 1 aromatic rings. The van der Waals surface area contributed by atoms with Gasteiger partial charge in [0.25, 0.3) is 0 Å². The van der Waals surface area contributed by atoms with Gasteiger partial charge in [0.1, 0.15) is 5.82 Å². The minimum Gasteiger partial charge on any atom is -0.478 e. The Morgan fingerprint density at radius 3 is 2.81 bits per heavy atom. The normalized spacial score (nSPS) is 16.9. The zero-order chi connectivity index (χ0) is 11.7. The summed E-state index contributed by atoms with van der Waals surface area (Å²) in [6.45, 7) is 1.99. The zero-order valence-electron chi connectivity index (χ0n) is 9.03. The lowest BCUT2D eigenvalue weighted by molar-refractivity contribution is 0.0697. The summed E-state index contributed by atoms with van der Waals surface area (Å²) in [5.41, 5.74) is 0.381. The second-order valence-corrected chi connectivity index (χ2v) is 4.27. The Labute approximate surface area is 93.3 Å². The molecular formula is C12H14FNO2. The van der Waals surface area contributed by atoms with Crippen molar-refractivity contribution in [1.82, 2.24) is 0 Å². The summed E-state index contributed by atoms with van der Waals surface area (Å²) in [5.74, 6) is -0.854. The maximum Gasteiger partial charge on any atom is 0.335 e. The molecule has 1 aromatic carbocycles. The molecule has 4 heteroatoms. The summed E-state index contributed by atoms with van der Waals surface area (Å²) < 4.78 is 13.4. The molecule has 0 bridgehead atoms. The highest BCUT2D eigenvalue weighted by atomic mass is 19.1. The highest BCUT2D eigenvalue weighted by Gasteiger charge is 2.28. The van der Waals surface area contributed by atoms with E-state index in [-0.39, 0.29) is 17.3 Å². The van der Waals surface area contributed by atoms with Gasteiger partial charge in [0, 0.05) is 6.04 Å². The van der Waals surface area contributed by atoms with Crippen molar-refractivity contribution in [1.29, 1.82) is 0 Å². The Morgan fingerprint density at radius 2 is 2.25 bits per heavy atom. The first-order valence-corrected chi connectivity index (χ1v) is 5.37. The van der Waals surface area contributed by atoms with E-state index in [9.17, 15) is 9.18 Å². The molecule has 3 nitrogen and oxygen atoms in total. The van der Waals surface area contributed by atoms with Gasteiger partial charge in [-0.25, -0.2) is 9.18 Å². The number of hydrogen-bond donors (Lipinski definition) is 2. The molecule has 2 N–H and O–H groups in total. The molecule has 1 fully saturated rings. The minimum atomic E-state index is -1.04. The molecule has 0 heterocycles. The third-order valence-electron chi connectivity index (χ3n) is 2.93. The molecule has 0 aromatic heterocycles. The summed E-state index contributed by atoms with van der Waals surface area (Å²) >= 11 is 0. The van der Waals surface area contributed by atoms with E-state index < -0.39 is 11.8 Å². The van der Waals surface area contributed by atoms with Crippen molar-refractivity contribution in [3.05, 3.63) is 29.6 Å². The molecule has 1 aliphatic carbocycles. The summed E-state index contributed by atoms with van der Waals surface area (Å²) in [4.78, 5) is 10.7. The molecular weight excluding hydrogens is 209 g/mol. The lowest BCUT2D eigenvalue weighted by Gasteiger charge is -2.15. The van der Waals surface area contributed by atoms with Crippen LogP contribution >= 0.6 is 0 Å². The summed E-state index contributed by atoms with van der Waals surface area (Å²) in [6.07, 6.45) is 2.32. The number of aromatic carboxylic acids is 1. The molecule has 1 aliphatic rings. The van der Waals surface area contributed by atoms with E-state index in [2.05, 4.69) is 5.32 Å². The summed E-state index contributed by atoms with van der Waals surface area (Å²) in [6, 6.07) is 3.99. The van der Waals surface area contributed by atoms with Crippen molar-refractivity contribution < 1.29 is 14.3 Å². The fraction of sp³-hybridized carbons (Fsp3) is 0.417. The summed E-state index contributed by atoms with van der Waals surface area (Å²) in [5, 5.41) is 11.8. The van der Waals surface area contributed by atoms with Crippen molar-refractivity contribution >= 4 is 11.7 Å². The van der Waals surface area contributed by atoms with Crippen LogP contribution in [0.25, 0.3) is 0 Å². The van der Waals surface area contributed by atoms with Crippen molar-refractivity contribution in [3.8, 4) is 0 Å². The molecule has 0 aliphatic heterocycles. The first kappa shape index (κ1) is 10.9. The average Bonchev–Trinajstić information content (AvgIpc) is 3.04. The Morgan fingerprint density at radius 1 is 1.56 bits per heavy atom. The zero-order valence-corrected chi connectivity index (χ0v) is 9.03. The summed E-state index contributed by atoms with van der Waals surface area (Å²) in [7, 11) is 0. The van der Waals surface area contributed by atoms with Gasteiger partial charge in [0.05, 0.1) is 11.3 Å². The van der Waals surface area contributed by atoms with Crippen molar-refractivity contribution in [2.24, 2.45) is 5.92 Å². The Balaban J connectivity index is 2.17. The van der Waals surface area contributed by atoms with Gasteiger partial charge in [-0.1, -0.05) is 0 Å². The second kappa shape index (κ2) is 4.12. The second-order valence-electron chi connectivity index (χ2n) is 4.27. The molecule has 2 rings (SSSR count). The van der Waals surface area contributed by atoms with Crippen LogP contribution in [-0.2, 0) is 0 Å². The van der Waals surface area contributed by atoms with Gasteiger partial charge in [-0.2, -0.15) is 0 Å². The number of carboxylic acid groups (broad SMARTS) is 1. The Bertz CT molecular complexity index is 415. The number of carboxylic acids is 1. The molecule has 0 saturated heterocycles. The van der Waals surface area contributed by atoms with Crippen LogP contribution in [0.1, 0.15) is 30.1 Å². The third kappa shape index (κ3) is 2.32. The van der Waals surface area contributed by atoms with Gasteiger partial charge in [-0.3, -0.25) is 0 Å². The third-order valence-corrected chi connectivity index (χ3v) is 2.93. The molecule has 1 saturated carbocycles. The first-order chi connectivity index (χ1) is 7.58.